The molecule has 0 radical (unpaired) electrons. The van der Waals surface area contributed by atoms with E-state index in [9.17, 15) is 8.42 Å². The summed E-state index contributed by atoms with van der Waals surface area (Å²) in [4.78, 5) is 0.394. The number of hydrogen-bond donors (Lipinski definition) is 1. The van der Waals surface area contributed by atoms with Gasteiger partial charge in [-0.3, -0.25) is 0 Å². The highest BCUT2D eigenvalue weighted by molar-refractivity contribution is 7.89. The SMILES string of the molecule is CN(C)S(=O)(=O)c1ccc2c(c1)C1CCCCC1C(c1ccccc1)N2. The van der Waals surface area contributed by atoms with Crippen molar-refractivity contribution in [3.63, 3.8) is 0 Å². The fourth-order valence-corrected chi connectivity index (χ4v) is 5.50. The van der Waals surface area contributed by atoms with E-state index in [0.717, 1.165) is 12.1 Å². The fraction of sp³-hybridized carbons (Fsp3) is 0.429. The van der Waals surface area contributed by atoms with Crippen molar-refractivity contribution in [2.24, 2.45) is 5.92 Å². The van der Waals surface area contributed by atoms with Gasteiger partial charge in [0.25, 0.3) is 0 Å². The summed E-state index contributed by atoms with van der Waals surface area (Å²) in [6, 6.07) is 16.5. The number of anilines is 1. The van der Waals surface area contributed by atoms with Crippen LogP contribution in [0.2, 0.25) is 0 Å². The van der Waals surface area contributed by atoms with Crippen LogP contribution in [0.1, 0.15) is 48.8 Å². The Hall–Kier alpha value is -1.85. The Balaban J connectivity index is 1.78. The first-order valence-electron chi connectivity index (χ1n) is 9.36. The molecule has 0 bridgehead atoms. The average molecular weight is 371 g/mol. The normalized spacial score (nSPS) is 25.3. The number of fused-ring (bicyclic) bond motifs is 3. The van der Waals surface area contributed by atoms with Gasteiger partial charge in [-0.15, -0.1) is 0 Å². The summed E-state index contributed by atoms with van der Waals surface area (Å²) in [5, 5.41) is 3.71. The van der Waals surface area contributed by atoms with Crippen LogP contribution in [-0.4, -0.2) is 26.8 Å². The average Bonchev–Trinajstić information content (AvgIpc) is 2.67. The molecule has 1 saturated carbocycles. The largest absolute Gasteiger partial charge is 0.378 e. The molecule has 0 amide bonds. The molecule has 4 rings (SSSR count). The highest BCUT2D eigenvalue weighted by Crippen LogP contribution is 2.51. The second-order valence-electron chi connectivity index (χ2n) is 7.62. The molecule has 0 spiro atoms. The summed E-state index contributed by atoms with van der Waals surface area (Å²) >= 11 is 0. The van der Waals surface area contributed by atoms with Crippen LogP contribution in [0.4, 0.5) is 5.69 Å². The molecule has 1 fully saturated rings. The molecule has 0 aromatic heterocycles. The van der Waals surface area contributed by atoms with Gasteiger partial charge in [-0.1, -0.05) is 43.2 Å². The van der Waals surface area contributed by atoms with Crippen molar-refractivity contribution in [1.29, 1.82) is 0 Å². The second-order valence-corrected chi connectivity index (χ2v) is 9.78. The number of sulfonamides is 1. The number of nitrogens with one attached hydrogen (secondary N) is 1. The van der Waals surface area contributed by atoms with Crippen molar-refractivity contribution >= 4 is 15.7 Å². The highest BCUT2D eigenvalue weighted by atomic mass is 32.2. The Labute approximate surface area is 156 Å². The maximum absolute atomic E-state index is 12.6. The van der Waals surface area contributed by atoms with Crippen molar-refractivity contribution in [3.8, 4) is 0 Å². The van der Waals surface area contributed by atoms with Gasteiger partial charge in [-0.25, -0.2) is 12.7 Å². The van der Waals surface area contributed by atoms with Gasteiger partial charge in [0.1, 0.15) is 0 Å². The van der Waals surface area contributed by atoms with E-state index in [0.29, 0.717) is 22.8 Å². The van der Waals surface area contributed by atoms with E-state index < -0.39 is 10.0 Å². The topological polar surface area (TPSA) is 49.4 Å². The van der Waals surface area contributed by atoms with E-state index in [2.05, 4.69) is 35.6 Å². The zero-order valence-electron chi connectivity index (χ0n) is 15.4. The van der Waals surface area contributed by atoms with E-state index in [4.69, 9.17) is 0 Å². The molecular formula is C21H26N2O2S. The van der Waals surface area contributed by atoms with E-state index >= 15 is 0 Å². The van der Waals surface area contributed by atoms with Crippen molar-refractivity contribution < 1.29 is 8.42 Å². The minimum Gasteiger partial charge on any atom is -0.378 e. The van der Waals surface area contributed by atoms with Crippen LogP contribution < -0.4 is 5.32 Å². The van der Waals surface area contributed by atoms with Gasteiger partial charge in [0.2, 0.25) is 10.0 Å². The lowest BCUT2D eigenvalue weighted by molar-refractivity contribution is 0.265. The summed E-state index contributed by atoms with van der Waals surface area (Å²) in [7, 11) is -0.238. The number of rotatable bonds is 3. The van der Waals surface area contributed by atoms with Gasteiger partial charge < -0.3 is 5.32 Å². The molecule has 3 atom stereocenters. The van der Waals surface area contributed by atoms with Crippen molar-refractivity contribution in [2.45, 2.75) is 42.5 Å². The molecule has 2 aliphatic rings. The molecule has 2 aromatic rings. The first-order chi connectivity index (χ1) is 12.5. The Kier molecular flexibility index (Phi) is 4.53. The highest BCUT2D eigenvalue weighted by Gasteiger charge is 2.39. The smallest absolute Gasteiger partial charge is 0.242 e. The van der Waals surface area contributed by atoms with Gasteiger partial charge >= 0.3 is 0 Å². The first-order valence-corrected chi connectivity index (χ1v) is 10.8. The maximum Gasteiger partial charge on any atom is 0.242 e. The molecule has 26 heavy (non-hydrogen) atoms. The van der Waals surface area contributed by atoms with Crippen LogP contribution in [0.3, 0.4) is 0 Å². The number of hydrogen-bond acceptors (Lipinski definition) is 3. The van der Waals surface area contributed by atoms with E-state index in [1.165, 1.54) is 34.7 Å². The maximum atomic E-state index is 12.6. The van der Waals surface area contributed by atoms with Gasteiger partial charge in [0.05, 0.1) is 10.9 Å². The summed E-state index contributed by atoms with van der Waals surface area (Å²) < 4.78 is 26.4. The van der Waals surface area contributed by atoms with Crippen LogP contribution >= 0.6 is 0 Å². The predicted molar refractivity (Wildman–Crippen MR) is 105 cm³/mol. The zero-order valence-corrected chi connectivity index (χ0v) is 16.2. The zero-order chi connectivity index (χ0) is 18.3. The minimum atomic E-state index is -3.41. The predicted octanol–water partition coefficient (Wildman–Crippen LogP) is 4.38. The Morgan fingerprint density at radius 2 is 1.73 bits per heavy atom. The van der Waals surface area contributed by atoms with Crippen LogP contribution in [0.5, 0.6) is 0 Å². The van der Waals surface area contributed by atoms with E-state index in [1.807, 2.05) is 12.1 Å². The molecule has 1 heterocycles. The van der Waals surface area contributed by atoms with Crippen LogP contribution in [0.25, 0.3) is 0 Å². The quantitative estimate of drug-likeness (QED) is 0.872. The van der Waals surface area contributed by atoms with Crippen LogP contribution in [0.15, 0.2) is 53.4 Å². The number of benzene rings is 2. The molecule has 5 heteroatoms. The summed E-state index contributed by atoms with van der Waals surface area (Å²) in [6.07, 6.45) is 4.78. The monoisotopic (exact) mass is 370 g/mol. The molecule has 138 valence electrons. The molecule has 3 unspecified atom stereocenters. The van der Waals surface area contributed by atoms with Gasteiger partial charge in [0.15, 0.2) is 0 Å². The third kappa shape index (κ3) is 2.93. The van der Waals surface area contributed by atoms with Gasteiger partial charge in [-0.2, -0.15) is 0 Å². The molecule has 4 nitrogen and oxygen atoms in total. The Morgan fingerprint density at radius 1 is 1.00 bits per heavy atom. The Bertz CT molecular complexity index is 893. The summed E-state index contributed by atoms with van der Waals surface area (Å²) in [6.45, 7) is 0. The third-order valence-electron chi connectivity index (χ3n) is 5.92. The van der Waals surface area contributed by atoms with Gasteiger partial charge in [-0.05, 0) is 54.0 Å². The summed E-state index contributed by atoms with van der Waals surface area (Å²) in [5.74, 6) is 0.929. The standard InChI is InChI=1S/C21H26N2O2S/c1-23(2)26(24,25)16-12-13-20-19(14-16)17-10-6-7-11-18(17)21(22-20)15-8-4-3-5-9-15/h3-5,8-9,12-14,17-18,21-22H,6-7,10-11H2,1-2H3. The van der Waals surface area contributed by atoms with E-state index in [1.54, 1.807) is 20.2 Å². The Morgan fingerprint density at radius 3 is 2.46 bits per heavy atom. The van der Waals surface area contributed by atoms with Crippen LogP contribution in [-0.2, 0) is 10.0 Å². The fourth-order valence-electron chi connectivity index (χ4n) is 4.56. The minimum absolute atomic E-state index is 0.297. The number of nitrogens with zero attached hydrogens (tertiary/aromatic N) is 1. The lowest BCUT2D eigenvalue weighted by Crippen LogP contribution is -2.34. The van der Waals surface area contributed by atoms with Gasteiger partial charge in [0, 0.05) is 19.8 Å². The van der Waals surface area contributed by atoms with Crippen molar-refractivity contribution in [1.82, 2.24) is 4.31 Å². The molecule has 1 aliphatic heterocycles. The third-order valence-corrected chi connectivity index (χ3v) is 7.73. The van der Waals surface area contributed by atoms with Crippen molar-refractivity contribution in [2.75, 3.05) is 19.4 Å². The van der Waals surface area contributed by atoms with Crippen molar-refractivity contribution in [3.05, 3.63) is 59.7 Å². The lowest BCUT2D eigenvalue weighted by atomic mass is 9.68. The van der Waals surface area contributed by atoms with Crippen LogP contribution in [0, 0.1) is 5.92 Å². The summed E-state index contributed by atoms with van der Waals surface area (Å²) in [5.41, 5.74) is 3.57. The molecule has 0 saturated heterocycles. The molecular weight excluding hydrogens is 344 g/mol. The lowest BCUT2D eigenvalue weighted by Gasteiger charge is -2.44. The second kappa shape index (κ2) is 6.71. The molecule has 2 aromatic carbocycles. The van der Waals surface area contributed by atoms with E-state index in [-0.39, 0.29) is 0 Å². The first kappa shape index (κ1) is 17.6. The molecule has 1 aliphatic carbocycles. The molecule has 1 N–H and O–H groups in total.